The number of nitrogens with zero attached hydrogens (tertiary/aromatic N) is 4. The van der Waals surface area contributed by atoms with Crippen molar-refractivity contribution in [2.45, 2.75) is 24.7 Å². The highest BCUT2D eigenvalue weighted by Crippen LogP contribution is 2.36. The van der Waals surface area contributed by atoms with Gasteiger partial charge in [0, 0.05) is 12.5 Å². The van der Waals surface area contributed by atoms with E-state index in [0.29, 0.717) is 12.1 Å². The van der Waals surface area contributed by atoms with Crippen LogP contribution in [0.2, 0.25) is 5.15 Å². The number of nitrogens with two attached hydrogens (primary N) is 1. The first-order chi connectivity index (χ1) is 12.9. The van der Waals surface area contributed by atoms with Crippen molar-refractivity contribution < 1.29 is 19.7 Å². The second kappa shape index (κ2) is 8.09. The van der Waals surface area contributed by atoms with E-state index < -0.39 is 30.0 Å². The van der Waals surface area contributed by atoms with E-state index in [4.69, 9.17) is 17.3 Å². The van der Waals surface area contributed by atoms with Crippen molar-refractivity contribution in [3.05, 3.63) is 35.2 Å². The Kier molecular flexibility index (Phi) is 5.80. The molecular weight excluding hydrogens is 379 g/mol. The highest BCUT2D eigenvalue weighted by atomic mass is 35.5. The average molecular weight is 397 g/mol. The molecule has 2 aromatic rings. The Labute approximate surface area is 158 Å². The Bertz CT molecular complexity index is 838. The molecule has 6 N–H and O–H groups in total. The zero-order valence-electron chi connectivity index (χ0n) is 14.0. The van der Waals surface area contributed by atoms with Crippen LogP contribution in [0.4, 0.5) is 27.5 Å². The van der Waals surface area contributed by atoms with Gasteiger partial charge < -0.3 is 26.4 Å². The lowest BCUT2D eigenvalue weighted by Crippen LogP contribution is -2.35. The fraction of sp³-hybridized carbons (Fsp3) is 0.375. The van der Waals surface area contributed by atoms with Gasteiger partial charge in [0.05, 0.1) is 17.8 Å². The number of halogens is 2. The molecule has 0 bridgehead atoms. The summed E-state index contributed by atoms with van der Waals surface area (Å²) in [5.41, 5.74) is 6.08. The molecule has 0 radical (unpaired) electrons. The predicted octanol–water partition coefficient (Wildman–Crippen LogP) is 1.78. The molecule has 1 heterocycles. The van der Waals surface area contributed by atoms with Crippen LogP contribution < -0.4 is 11.1 Å². The number of nitrogen functional groups attached to an aromatic ring is 1. The lowest BCUT2D eigenvalue weighted by atomic mass is 10.1. The van der Waals surface area contributed by atoms with Crippen LogP contribution in [-0.4, -0.2) is 50.1 Å². The van der Waals surface area contributed by atoms with Gasteiger partial charge in [0.25, 0.3) is 0 Å². The molecule has 1 fully saturated rings. The number of azo groups is 1. The maximum Gasteiger partial charge on any atom is 0.223 e. The molecule has 1 aromatic carbocycles. The maximum atomic E-state index is 13.0. The van der Waals surface area contributed by atoms with Gasteiger partial charge in [-0.2, -0.15) is 15.1 Å². The summed E-state index contributed by atoms with van der Waals surface area (Å²) in [6.07, 6.45) is -1.90. The normalized spacial score (nSPS) is 25.2. The number of hydrogen-bond acceptors (Lipinski definition) is 9. The second-order valence-corrected chi connectivity index (χ2v) is 6.51. The average Bonchev–Trinajstić information content (AvgIpc) is 2.90. The number of nitrogens with one attached hydrogen (secondary N) is 1. The fourth-order valence-corrected chi connectivity index (χ4v) is 3.09. The number of aliphatic hydroxyl groups excluding tert-OH is 3. The summed E-state index contributed by atoms with van der Waals surface area (Å²) in [7, 11) is 0. The van der Waals surface area contributed by atoms with Crippen molar-refractivity contribution >= 4 is 34.7 Å². The molecule has 1 aliphatic rings. The Hall–Kier alpha value is -2.40. The molecule has 9 nitrogen and oxygen atoms in total. The van der Waals surface area contributed by atoms with Gasteiger partial charge in [-0.15, -0.1) is 5.11 Å². The van der Waals surface area contributed by atoms with E-state index in [1.165, 1.54) is 24.3 Å². The highest BCUT2D eigenvalue weighted by Gasteiger charge is 2.41. The largest absolute Gasteiger partial charge is 0.396 e. The Morgan fingerprint density at radius 2 is 1.89 bits per heavy atom. The van der Waals surface area contributed by atoms with E-state index in [9.17, 15) is 19.7 Å². The number of aromatic nitrogens is 2. The van der Waals surface area contributed by atoms with Gasteiger partial charge >= 0.3 is 0 Å². The van der Waals surface area contributed by atoms with Crippen LogP contribution in [0.15, 0.2) is 34.5 Å². The molecule has 4 atom stereocenters. The molecule has 0 unspecified atom stereocenters. The third-order valence-corrected chi connectivity index (χ3v) is 4.57. The summed E-state index contributed by atoms with van der Waals surface area (Å²) in [6.45, 7) is -0.264. The predicted molar refractivity (Wildman–Crippen MR) is 96.6 cm³/mol. The van der Waals surface area contributed by atoms with Gasteiger partial charge in [-0.25, -0.2) is 4.39 Å². The van der Waals surface area contributed by atoms with E-state index in [0.717, 1.165) is 0 Å². The molecule has 1 aliphatic carbocycles. The van der Waals surface area contributed by atoms with E-state index in [1.54, 1.807) is 0 Å². The summed E-state index contributed by atoms with van der Waals surface area (Å²) in [5, 5.41) is 40.2. The topological polar surface area (TPSA) is 149 Å². The molecule has 1 saturated carbocycles. The Morgan fingerprint density at radius 1 is 1.19 bits per heavy atom. The molecule has 0 spiro atoms. The zero-order chi connectivity index (χ0) is 19.6. The van der Waals surface area contributed by atoms with Gasteiger partial charge in [0.1, 0.15) is 11.9 Å². The molecule has 0 aliphatic heterocycles. The van der Waals surface area contributed by atoms with Gasteiger partial charge in [0.2, 0.25) is 5.95 Å². The van der Waals surface area contributed by atoms with Crippen LogP contribution >= 0.6 is 11.6 Å². The SMILES string of the molecule is Nc1nc(Cl)c(N=Nc2ccc(F)cc2)c(N[C@@H]2C[C@H](CO)[C@@H](O)[C@H]2O)n1. The summed E-state index contributed by atoms with van der Waals surface area (Å²) in [4.78, 5) is 7.86. The smallest absolute Gasteiger partial charge is 0.223 e. The lowest BCUT2D eigenvalue weighted by Gasteiger charge is -2.19. The fourth-order valence-electron chi connectivity index (χ4n) is 2.87. The first-order valence-corrected chi connectivity index (χ1v) is 8.50. The van der Waals surface area contributed by atoms with E-state index in [1.807, 2.05) is 0 Å². The van der Waals surface area contributed by atoms with E-state index in [2.05, 4.69) is 25.5 Å². The van der Waals surface area contributed by atoms with Crippen LogP contribution in [0.3, 0.4) is 0 Å². The maximum absolute atomic E-state index is 13.0. The van der Waals surface area contributed by atoms with Crippen molar-refractivity contribution in [2.75, 3.05) is 17.7 Å². The third kappa shape index (κ3) is 4.30. The van der Waals surface area contributed by atoms with E-state index >= 15 is 0 Å². The van der Waals surface area contributed by atoms with Gasteiger partial charge in [0.15, 0.2) is 16.7 Å². The first kappa shape index (κ1) is 19.4. The molecule has 1 aromatic heterocycles. The van der Waals surface area contributed by atoms with Gasteiger partial charge in [-0.05, 0) is 30.7 Å². The number of rotatable bonds is 5. The molecule has 27 heavy (non-hydrogen) atoms. The molecule has 11 heteroatoms. The summed E-state index contributed by atoms with van der Waals surface area (Å²) in [5.74, 6) is -0.878. The molecule has 0 amide bonds. The van der Waals surface area contributed by atoms with Crippen molar-refractivity contribution in [2.24, 2.45) is 16.1 Å². The van der Waals surface area contributed by atoms with Crippen LogP contribution in [0.25, 0.3) is 0 Å². The van der Waals surface area contributed by atoms with Crippen LogP contribution in [0.1, 0.15) is 6.42 Å². The van der Waals surface area contributed by atoms with Gasteiger partial charge in [-0.3, -0.25) is 0 Å². The van der Waals surface area contributed by atoms with Crippen LogP contribution in [-0.2, 0) is 0 Å². The van der Waals surface area contributed by atoms with E-state index in [-0.39, 0.29) is 29.2 Å². The Morgan fingerprint density at radius 3 is 2.52 bits per heavy atom. The quantitative estimate of drug-likeness (QED) is 0.382. The summed E-state index contributed by atoms with van der Waals surface area (Å²) in [6, 6.07) is 4.73. The van der Waals surface area contributed by atoms with Gasteiger partial charge in [-0.1, -0.05) is 11.6 Å². The summed E-state index contributed by atoms with van der Waals surface area (Å²) >= 11 is 6.10. The highest BCUT2D eigenvalue weighted by molar-refractivity contribution is 6.32. The minimum absolute atomic E-state index is 0.0670. The number of anilines is 2. The van der Waals surface area contributed by atoms with Crippen LogP contribution in [0.5, 0.6) is 0 Å². The lowest BCUT2D eigenvalue weighted by molar-refractivity contribution is 0.00446. The molecule has 0 saturated heterocycles. The first-order valence-electron chi connectivity index (χ1n) is 8.13. The third-order valence-electron chi connectivity index (χ3n) is 4.31. The Balaban J connectivity index is 1.88. The minimum Gasteiger partial charge on any atom is -0.396 e. The van der Waals surface area contributed by atoms with Crippen molar-refractivity contribution in [1.29, 1.82) is 0 Å². The van der Waals surface area contributed by atoms with Crippen molar-refractivity contribution in [1.82, 2.24) is 9.97 Å². The minimum atomic E-state index is -1.13. The monoisotopic (exact) mass is 396 g/mol. The molecular formula is C16H18ClFN6O3. The standard InChI is InChI=1S/C16H18ClFN6O3/c17-14-11(24-23-9-3-1-8(18)2-4-9)15(22-16(19)21-14)20-10-5-7(6-25)12(26)13(10)27/h1-4,7,10,12-13,25-27H,5-6H2,(H3,19,20,21,22)/t7-,10-,12-,13+/m1/s1. The number of aliphatic hydroxyl groups is 3. The number of hydrogen-bond donors (Lipinski definition) is 5. The zero-order valence-corrected chi connectivity index (χ0v) is 14.8. The van der Waals surface area contributed by atoms with Crippen LogP contribution in [0, 0.1) is 11.7 Å². The van der Waals surface area contributed by atoms with Crippen molar-refractivity contribution in [3.8, 4) is 0 Å². The number of benzene rings is 1. The second-order valence-electron chi connectivity index (χ2n) is 6.16. The van der Waals surface area contributed by atoms with Crippen molar-refractivity contribution in [3.63, 3.8) is 0 Å². The molecule has 144 valence electrons. The molecule has 3 rings (SSSR count). The summed E-state index contributed by atoms with van der Waals surface area (Å²) < 4.78 is 13.0.